The van der Waals surface area contributed by atoms with E-state index in [1.165, 1.54) is 23.2 Å². The normalized spacial score (nSPS) is 23.9. The van der Waals surface area contributed by atoms with Crippen LogP contribution in [0.4, 0.5) is 5.69 Å². The minimum absolute atomic E-state index is 0. The van der Waals surface area contributed by atoms with E-state index >= 15 is 0 Å². The zero-order chi connectivity index (χ0) is 20.8. The number of benzene rings is 2. The highest BCUT2D eigenvalue weighted by Crippen LogP contribution is 2.33. The summed E-state index contributed by atoms with van der Waals surface area (Å²) < 4.78 is 6.17. The van der Waals surface area contributed by atoms with Crippen molar-refractivity contribution in [3.8, 4) is 0 Å². The number of aryl methyl sites for hydroxylation is 1. The van der Waals surface area contributed by atoms with Gasteiger partial charge < -0.3 is 20.3 Å². The van der Waals surface area contributed by atoms with Crippen LogP contribution < -0.4 is 15.5 Å². The third-order valence-corrected chi connectivity index (χ3v) is 6.26. The summed E-state index contributed by atoms with van der Waals surface area (Å²) in [5, 5.41) is 7.20. The fourth-order valence-electron chi connectivity index (χ4n) is 4.54. The van der Waals surface area contributed by atoms with Crippen LogP contribution in [0, 0.1) is 12.8 Å². The van der Waals surface area contributed by atoms with Crippen LogP contribution in [0.5, 0.6) is 0 Å². The Bertz CT molecular complexity index is 827. The smallest absolute Gasteiger partial charge is 0.191 e. The van der Waals surface area contributed by atoms with E-state index in [0.29, 0.717) is 12.0 Å². The highest BCUT2D eigenvalue weighted by atomic mass is 127. The molecule has 2 aliphatic heterocycles. The average molecular weight is 534 g/mol. The van der Waals surface area contributed by atoms with Crippen molar-refractivity contribution in [3.63, 3.8) is 0 Å². The molecule has 0 amide bonds. The summed E-state index contributed by atoms with van der Waals surface area (Å²) in [5.41, 5.74) is 3.87. The van der Waals surface area contributed by atoms with Crippen molar-refractivity contribution in [2.45, 2.75) is 38.3 Å². The lowest BCUT2D eigenvalue weighted by Gasteiger charge is -2.33. The van der Waals surface area contributed by atoms with Gasteiger partial charge in [-0.3, -0.25) is 4.99 Å². The van der Waals surface area contributed by atoms with Crippen molar-refractivity contribution >= 4 is 35.6 Å². The number of ether oxygens (including phenoxy) is 1. The maximum absolute atomic E-state index is 6.17. The van der Waals surface area contributed by atoms with Gasteiger partial charge in [0.15, 0.2) is 5.96 Å². The molecule has 0 bridgehead atoms. The van der Waals surface area contributed by atoms with Crippen LogP contribution in [0.2, 0.25) is 0 Å². The van der Waals surface area contributed by atoms with E-state index in [1.54, 1.807) is 0 Å². The van der Waals surface area contributed by atoms with E-state index in [1.807, 2.05) is 7.05 Å². The number of guanidine groups is 1. The van der Waals surface area contributed by atoms with E-state index in [4.69, 9.17) is 4.74 Å². The lowest BCUT2D eigenvalue weighted by atomic mass is 9.89. The van der Waals surface area contributed by atoms with Crippen LogP contribution in [-0.4, -0.2) is 45.3 Å². The van der Waals surface area contributed by atoms with Gasteiger partial charge in [0.2, 0.25) is 0 Å². The molecular weight excluding hydrogens is 499 g/mol. The zero-order valence-corrected chi connectivity index (χ0v) is 20.9. The monoisotopic (exact) mass is 534 g/mol. The zero-order valence-electron chi connectivity index (χ0n) is 18.6. The summed E-state index contributed by atoms with van der Waals surface area (Å²) in [4.78, 5) is 6.92. The molecule has 0 radical (unpaired) electrons. The van der Waals surface area contributed by atoms with Gasteiger partial charge in [0.25, 0.3) is 0 Å². The Morgan fingerprint density at radius 2 is 1.87 bits per heavy atom. The first kappa shape index (κ1) is 23.9. The highest BCUT2D eigenvalue weighted by Gasteiger charge is 2.28. The van der Waals surface area contributed by atoms with Crippen molar-refractivity contribution in [2.75, 3.05) is 38.2 Å². The number of hydrogen-bond acceptors (Lipinski definition) is 3. The van der Waals surface area contributed by atoms with Gasteiger partial charge in [0.1, 0.15) is 0 Å². The topological polar surface area (TPSA) is 48.9 Å². The largest absolute Gasteiger partial charge is 0.373 e. The van der Waals surface area contributed by atoms with Gasteiger partial charge in [-0.15, -0.1) is 24.0 Å². The van der Waals surface area contributed by atoms with Crippen LogP contribution >= 0.6 is 24.0 Å². The van der Waals surface area contributed by atoms with Crippen LogP contribution in [-0.2, 0) is 4.74 Å². The maximum atomic E-state index is 6.17. The van der Waals surface area contributed by atoms with Gasteiger partial charge in [-0.25, -0.2) is 0 Å². The fraction of sp³-hybridized carbons (Fsp3) is 0.480. The van der Waals surface area contributed by atoms with Gasteiger partial charge in [0, 0.05) is 50.9 Å². The second-order valence-electron chi connectivity index (χ2n) is 8.47. The standard InChI is InChI=1S/C25H34N4O.HI/c1-19-10-12-20(13-11-19)24-21(7-6-16-30-24)17-27-25(26-2)28-22-14-15-29(18-22)23-8-4-3-5-9-23;/h3-5,8-13,21-22,24H,6-7,14-18H2,1-2H3,(H2,26,27,28);1H. The highest BCUT2D eigenvalue weighted by molar-refractivity contribution is 14.0. The summed E-state index contributed by atoms with van der Waals surface area (Å²) >= 11 is 0. The van der Waals surface area contributed by atoms with E-state index in [0.717, 1.165) is 45.0 Å². The van der Waals surface area contributed by atoms with Crippen molar-refractivity contribution in [1.29, 1.82) is 0 Å². The molecule has 5 nitrogen and oxygen atoms in total. The molecular formula is C25H35IN4O. The lowest BCUT2D eigenvalue weighted by Crippen LogP contribution is -2.46. The number of rotatable bonds is 5. The quantitative estimate of drug-likeness (QED) is 0.337. The Kier molecular flexibility index (Phi) is 9.02. The average Bonchev–Trinajstić information content (AvgIpc) is 3.27. The molecule has 2 aromatic carbocycles. The lowest BCUT2D eigenvalue weighted by molar-refractivity contribution is -0.0265. The molecule has 6 heteroatoms. The Labute approximate surface area is 203 Å². The fourth-order valence-corrected chi connectivity index (χ4v) is 4.54. The van der Waals surface area contributed by atoms with E-state index in [9.17, 15) is 0 Å². The third-order valence-electron chi connectivity index (χ3n) is 6.26. The van der Waals surface area contributed by atoms with E-state index < -0.39 is 0 Å². The molecule has 2 heterocycles. The Morgan fingerprint density at radius 3 is 2.61 bits per heavy atom. The molecule has 3 unspecified atom stereocenters. The number of para-hydroxylation sites is 1. The summed E-state index contributed by atoms with van der Waals surface area (Å²) in [6.07, 6.45) is 3.57. The Hall–Kier alpha value is -1.80. The Balaban J connectivity index is 0.00000272. The number of nitrogens with zero attached hydrogens (tertiary/aromatic N) is 2. The number of anilines is 1. The number of nitrogens with one attached hydrogen (secondary N) is 2. The molecule has 0 aliphatic carbocycles. The van der Waals surface area contributed by atoms with Crippen LogP contribution in [0.1, 0.15) is 36.5 Å². The first-order chi connectivity index (χ1) is 14.7. The summed E-state index contributed by atoms with van der Waals surface area (Å²) in [6.45, 7) is 5.92. The molecule has 0 spiro atoms. The predicted molar refractivity (Wildman–Crippen MR) is 140 cm³/mol. The molecule has 2 saturated heterocycles. The second kappa shape index (κ2) is 11.7. The predicted octanol–water partition coefficient (Wildman–Crippen LogP) is 4.52. The molecule has 0 saturated carbocycles. The van der Waals surface area contributed by atoms with Gasteiger partial charge in [0.05, 0.1) is 6.10 Å². The van der Waals surface area contributed by atoms with Crippen molar-refractivity contribution in [3.05, 3.63) is 65.7 Å². The van der Waals surface area contributed by atoms with E-state index in [2.05, 4.69) is 82.0 Å². The Morgan fingerprint density at radius 1 is 1.10 bits per heavy atom. The van der Waals surface area contributed by atoms with Gasteiger partial charge in [-0.2, -0.15) is 0 Å². The number of hydrogen-bond donors (Lipinski definition) is 2. The maximum Gasteiger partial charge on any atom is 0.191 e. The molecule has 31 heavy (non-hydrogen) atoms. The minimum atomic E-state index is 0. The van der Waals surface area contributed by atoms with Crippen molar-refractivity contribution < 1.29 is 4.74 Å². The van der Waals surface area contributed by atoms with Crippen LogP contribution in [0.3, 0.4) is 0 Å². The third kappa shape index (κ3) is 6.35. The van der Waals surface area contributed by atoms with Gasteiger partial charge >= 0.3 is 0 Å². The molecule has 0 aromatic heterocycles. The molecule has 2 fully saturated rings. The molecule has 3 atom stereocenters. The molecule has 2 aliphatic rings. The number of aliphatic imine (C=N–C) groups is 1. The SMILES string of the molecule is CN=C(NCC1CCCOC1c1ccc(C)cc1)NC1CCN(c2ccccc2)C1.I. The summed E-state index contributed by atoms with van der Waals surface area (Å²) in [6, 6.07) is 19.8. The molecule has 2 N–H and O–H groups in total. The van der Waals surface area contributed by atoms with Crippen molar-refractivity contribution in [1.82, 2.24) is 10.6 Å². The van der Waals surface area contributed by atoms with E-state index in [-0.39, 0.29) is 30.1 Å². The van der Waals surface area contributed by atoms with Gasteiger partial charge in [-0.1, -0.05) is 48.0 Å². The molecule has 2 aromatic rings. The first-order valence-electron chi connectivity index (χ1n) is 11.2. The summed E-state index contributed by atoms with van der Waals surface area (Å²) in [7, 11) is 1.86. The first-order valence-corrected chi connectivity index (χ1v) is 11.2. The van der Waals surface area contributed by atoms with Gasteiger partial charge in [-0.05, 0) is 43.9 Å². The number of halogens is 1. The minimum Gasteiger partial charge on any atom is -0.373 e. The van der Waals surface area contributed by atoms with Crippen LogP contribution in [0.25, 0.3) is 0 Å². The summed E-state index contributed by atoms with van der Waals surface area (Å²) in [5.74, 6) is 1.34. The second-order valence-corrected chi connectivity index (χ2v) is 8.47. The molecule has 168 valence electrons. The van der Waals surface area contributed by atoms with Crippen molar-refractivity contribution in [2.24, 2.45) is 10.9 Å². The van der Waals surface area contributed by atoms with Crippen LogP contribution in [0.15, 0.2) is 59.6 Å². The molecule has 4 rings (SSSR count).